The molecule has 0 aliphatic rings. The first-order valence-corrected chi connectivity index (χ1v) is 6.22. The molecule has 0 radical (unpaired) electrons. The number of pyridine rings is 1. The number of hydrogen-bond acceptors (Lipinski definition) is 2. The molecule has 0 amide bonds. The molecule has 0 spiro atoms. The van der Waals surface area contributed by atoms with Crippen LogP contribution in [-0.4, -0.2) is 4.98 Å². The largest absolute Gasteiger partial charge is 0.416 e. The molecule has 106 valence electrons. The number of hydrogen-bond donors (Lipinski definition) is 1. The van der Waals surface area contributed by atoms with Gasteiger partial charge >= 0.3 is 6.18 Å². The summed E-state index contributed by atoms with van der Waals surface area (Å²) >= 11 is 0. The first kappa shape index (κ1) is 14.4. The standard InChI is InChI=1S/C15H15F3N2/c1-10-7-8-19-9-14(10)20-11(2)12-3-5-13(6-4-12)15(16,17)18/h3-9,11,20H,1-2H3. The number of rotatable bonds is 3. The molecule has 1 unspecified atom stereocenters. The summed E-state index contributed by atoms with van der Waals surface area (Å²) in [7, 11) is 0. The fourth-order valence-electron chi connectivity index (χ4n) is 1.89. The minimum Gasteiger partial charge on any atom is -0.377 e. The molecule has 1 heterocycles. The molecular formula is C15H15F3N2. The summed E-state index contributed by atoms with van der Waals surface area (Å²) < 4.78 is 37.5. The van der Waals surface area contributed by atoms with Crippen LogP contribution in [0.4, 0.5) is 18.9 Å². The minimum atomic E-state index is -4.30. The molecule has 1 aromatic heterocycles. The van der Waals surface area contributed by atoms with E-state index in [2.05, 4.69) is 10.3 Å². The molecule has 0 saturated carbocycles. The van der Waals surface area contributed by atoms with Crippen molar-refractivity contribution in [1.82, 2.24) is 4.98 Å². The second-order valence-corrected chi connectivity index (χ2v) is 4.68. The Bertz CT molecular complexity index is 576. The highest BCUT2D eigenvalue weighted by atomic mass is 19.4. The van der Waals surface area contributed by atoms with Crippen LogP contribution in [0.2, 0.25) is 0 Å². The van der Waals surface area contributed by atoms with Gasteiger partial charge in [-0.15, -0.1) is 0 Å². The highest BCUT2D eigenvalue weighted by molar-refractivity contribution is 5.49. The van der Waals surface area contributed by atoms with Crippen LogP contribution in [0.25, 0.3) is 0 Å². The van der Waals surface area contributed by atoms with Crippen molar-refractivity contribution in [2.75, 3.05) is 5.32 Å². The van der Waals surface area contributed by atoms with Crippen LogP contribution in [0.5, 0.6) is 0 Å². The van der Waals surface area contributed by atoms with Gasteiger partial charge in [-0.05, 0) is 43.2 Å². The summed E-state index contributed by atoms with van der Waals surface area (Å²) in [5.74, 6) is 0. The second-order valence-electron chi connectivity index (χ2n) is 4.68. The number of benzene rings is 1. The van der Waals surface area contributed by atoms with Crippen molar-refractivity contribution in [3.63, 3.8) is 0 Å². The summed E-state index contributed by atoms with van der Waals surface area (Å²) in [6, 6.07) is 6.97. The third kappa shape index (κ3) is 3.29. The lowest BCUT2D eigenvalue weighted by Crippen LogP contribution is -2.09. The van der Waals surface area contributed by atoms with E-state index in [1.165, 1.54) is 12.1 Å². The average molecular weight is 280 g/mol. The van der Waals surface area contributed by atoms with E-state index < -0.39 is 11.7 Å². The number of nitrogens with zero attached hydrogens (tertiary/aromatic N) is 1. The second kappa shape index (κ2) is 5.53. The number of aryl methyl sites for hydroxylation is 1. The van der Waals surface area contributed by atoms with Gasteiger partial charge in [0.2, 0.25) is 0 Å². The number of anilines is 1. The molecule has 0 aliphatic heterocycles. The zero-order valence-electron chi connectivity index (χ0n) is 11.2. The van der Waals surface area contributed by atoms with Gasteiger partial charge in [-0.25, -0.2) is 0 Å². The van der Waals surface area contributed by atoms with Crippen LogP contribution in [0.3, 0.4) is 0 Å². The number of halogens is 3. The van der Waals surface area contributed by atoms with E-state index in [0.29, 0.717) is 0 Å². The van der Waals surface area contributed by atoms with Gasteiger partial charge < -0.3 is 5.32 Å². The average Bonchev–Trinajstić information content (AvgIpc) is 2.40. The lowest BCUT2D eigenvalue weighted by Gasteiger charge is -2.17. The van der Waals surface area contributed by atoms with Gasteiger partial charge in [0.15, 0.2) is 0 Å². The van der Waals surface area contributed by atoms with Crippen LogP contribution >= 0.6 is 0 Å². The maximum absolute atomic E-state index is 12.5. The summed E-state index contributed by atoms with van der Waals surface area (Å²) in [5.41, 5.74) is 2.07. The van der Waals surface area contributed by atoms with Gasteiger partial charge in [0.1, 0.15) is 0 Å². The summed E-state index contributed by atoms with van der Waals surface area (Å²) in [6.45, 7) is 3.85. The maximum atomic E-state index is 12.5. The quantitative estimate of drug-likeness (QED) is 0.890. The molecule has 0 saturated heterocycles. The van der Waals surface area contributed by atoms with Gasteiger partial charge in [0.05, 0.1) is 17.4 Å². The Morgan fingerprint density at radius 3 is 2.30 bits per heavy atom. The number of nitrogens with one attached hydrogen (secondary N) is 1. The molecule has 20 heavy (non-hydrogen) atoms. The van der Waals surface area contributed by atoms with E-state index in [-0.39, 0.29) is 6.04 Å². The SMILES string of the molecule is Cc1ccncc1NC(C)c1ccc(C(F)(F)F)cc1. The van der Waals surface area contributed by atoms with Crippen molar-refractivity contribution in [3.8, 4) is 0 Å². The maximum Gasteiger partial charge on any atom is 0.416 e. The zero-order chi connectivity index (χ0) is 14.8. The Labute approximate surface area is 115 Å². The first-order valence-electron chi connectivity index (χ1n) is 6.22. The Morgan fingerprint density at radius 2 is 1.75 bits per heavy atom. The molecule has 0 fully saturated rings. The Balaban J connectivity index is 2.14. The van der Waals surface area contributed by atoms with Crippen molar-refractivity contribution in [1.29, 1.82) is 0 Å². The molecule has 0 aliphatic carbocycles. The minimum absolute atomic E-state index is 0.0971. The smallest absolute Gasteiger partial charge is 0.377 e. The first-order chi connectivity index (χ1) is 9.38. The van der Waals surface area contributed by atoms with Crippen LogP contribution in [0.1, 0.15) is 29.7 Å². The van der Waals surface area contributed by atoms with Gasteiger partial charge in [0.25, 0.3) is 0 Å². The Kier molecular flexibility index (Phi) is 3.97. The normalized spacial score (nSPS) is 13.1. The lowest BCUT2D eigenvalue weighted by molar-refractivity contribution is -0.137. The van der Waals surface area contributed by atoms with E-state index in [1.54, 1.807) is 12.4 Å². The molecule has 1 N–H and O–H groups in total. The van der Waals surface area contributed by atoms with E-state index >= 15 is 0 Å². The van der Waals surface area contributed by atoms with E-state index in [1.807, 2.05) is 19.9 Å². The molecule has 0 bridgehead atoms. The van der Waals surface area contributed by atoms with Crippen molar-refractivity contribution in [2.45, 2.75) is 26.1 Å². The van der Waals surface area contributed by atoms with Crippen molar-refractivity contribution in [3.05, 3.63) is 59.4 Å². The van der Waals surface area contributed by atoms with E-state index in [9.17, 15) is 13.2 Å². The summed E-state index contributed by atoms with van der Waals surface area (Å²) in [5, 5.41) is 3.24. The number of aromatic nitrogens is 1. The molecule has 1 aromatic carbocycles. The Hall–Kier alpha value is -2.04. The monoisotopic (exact) mass is 280 g/mol. The van der Waals surface area contributed by atoms with Crippen LogP contribution < -0.4 is 5.32 Å². The molecular weight excluding hydrogens is 265 g/mol. The fraction of sp³-hybridized carbons (Fsp3) is 0.267. The van der Waals surface area contributed by atoms with Crippen molar-refractivity contribution >= 4 is 5.69 Å². The predicted octanol–water partition coefficient (Wildman–Crippen LogP) is 4.58. The molecule has 2 nitrogen and oxygen atoms in total. The van der Waals surface area contributed by atoms with E-state index in [0.717, 1.165) is 28.9 Å². The van der Waals surface area contributed by atoms with Crippen molar-refractivity contribution < 1.29 is 13.2 Å². The molecule has 1 atom stereocenters. The van der Waals surface area contributed by atoms with Crippen LogP contribution in [-0.2, 0) is 6.18 Å². The van der Waals surface area contributed by atoms with Gasteiger partial charge in [-0.2, -0.15) is 13.2 Å². The van der Waals surface area contributed by atoms with Gasteiger partial charge in [-0.1, -0.05) is 12.1 Å². The van der Waals surface area contributed by atoms with Crippen LogP contribution in [0.15, 0.2) is 42.7 Å². The van der Waals surface area contributed by atoms with E-state index in [4.69, 9.17) is 0 Å². The third-order valence-electron chi connectivity index (χ3n) is 3.15. The fourth-order valence-corrected chi connectivity index (χ4v) is 1.89. The predicted molar refractivity (Wildman–Crippen MR) is 72.5 cm³/mol. The summed E-state index contributed by atoms with van der Waals surface area (Å²) in [6.07, 6.45) is -0.894. The zero-order valence-corrected chi connectivity index (χ0v) is 11.2. The Morgan fingerprint density at radius 1 is 1.10 bits per heavy atom. The summed E-state index contributed by atoms with van der Waals surface area (Å²) in [4.78, 5) is 4.03. The van der Waals surface area contributed by atoms with Crippen LogP contribution in [0, 0.1) is 6.92 Å². The molecule has 2 aromatic rings. The van der Waals surface area contributed by atoms with Crippen molar-refractivity contribution in [2.24, 2.45) is 0 Å². The third-order valence-corrected chi connectivity index (χ3v) is 3.15. The number of alkyl halides is 3. The highest BCUT2D eigenvalue weighted by Crippen LogP contribution is 2.30. The van der Waals surface area contributed by atoms with Gasteiger partial charge in [0, 0.05) is 12.2 Å². The van der Waals surface area contributed by atoms with Gasteiger partial charge in [-0.3, -0.25) is 4.98 Å². The highest BCUT2D eigenvalue weighted by Gasteiger charge is 2.30. The molecule has 2 rings (SSSR count). The lowest BCUT2D eigenvalue weighted by atomic mass is 10.1. The topological polar surface area (TPSA) is 24.9 Å². The molecule has 5 heteroatoms.